The fourth-order valence-corrected chi connectivity index (χ4v) is 4.05. The molecular formula is C29H34N4O8. The van der Waals surface area contributed by atoms with Crippen LogP contribution in [0, 0.1) is 6.92 Å². The molecule has 12 nitrogen and oxygen atoms in total. The molecule has 12 heteroatoms. The van der Waals surface area contributed by atoms with Crippen molar-refractivity contribution in [1.82, 2.24) is 19.8 Å². The van der Waals surface area contributed by atoms with E-state index in [0.29, 0.717) is 12.4 Å². The summed E-state index contributed by atoms with van der Waals surface area (Å²) >= 11 is 0. The maximum Gasteiger partial charge on any atom is 0.407 e. The largest absolute Gasteiger partial charge is 0.494 e. The maximum absolute atomic E-state index is 13.5. The molecule has 2 aromatic carbocycles. The van der Waals surface area contributed by atoms with Crippen molar-refractivity contribution >= 4 is 18.0 Å². The monoisotopic (exact) mass is 566 g/mol. The Kier molecular flexibility index (Phi) is 11.3. The number of esters is 1. The van der Waals surface area contributed by atoms with Gasteiger partial charge in [0, 0.05) is 31.3 Å². The van der Waals surface area contributed by atoms with Crippen LogP contribution in [0.1, 0.15) is 23.6 Å². The number of carbonyl (C=O) groups excluding carboxylic acids is 3. The first-order valence-corrected chi connectivity index (χ1v) is 13.1. The van der Waals surface area contributed by atoms with Crippen LogP contribution in [0.2, 0.25) is 0 Å². The molecule has 1 atom stereocenters. The zero-order chi connectivity index (χ0) is 29.8. The third-order valence-corrected chi connectivity index (χ3v) is 6.16. The predicted octanol–water partition coefficient (Wildman–Crippen LogP) is 1.78. The van der Waals surface area contributed by atoms with Crippen molar-refractivity contribution in [2.75, 3.05) is 26.8 Å². The lowest BCUT2D eigenvalue weighted by Crippen LogP contribution is -2.51. The molecule has 2 N–H and O–H groups in total. The number of carbonyl (C=O) groups is 3. The van der Waals surface area contributed by atoms with Gasteiger partial charge in [-0.3, -0.25) is 19.1 Å². The summed E-state index contributed by atoms with van der Waals surface area (Å²) in [5.74, 6) is -0.618. The molecule has 0 aliphatic rings. The Hall–Kier alpha value is -4.87. The zero-order valence-corrected chi connectivity index (χ0v) is 23.3. The number of aromatic nitrogens is 2. The average Bonchev–Trinajstić information content (AvgIpc) is 2.97. The van der Waals surface area contributed by atoms with Gasteiger partial charge in [-0.05, 0) is 37.1 Å². The van der Waals surface area contributed by atoms with E-state index in [9.17, 15) is 24.0 Å². The molecule has 3 rings (SSSR count). The van der Waals surface area contributed by atoms with Gasteiger partial charge in [-0.15, -0.1) is 0 Å². The van der Waals surface area contributed by atoms with Crippen molar-refractivity contribution in [3.63, 3.8) is 0 Å². The summed E-state index contributed by atoms with van der Waals surface area (Å²) in [5, 5.41) is 2.59. The van der Waals surface area contributed by atoms with Crippen LogP contribution in [0.15, 0.2) is 70.4 Å². The highest BCUT2D eigenvalue weighted by atomic mass is 16.5. The van der Waals surface area contributed by atoms with Crippen molar-refractivity contribution in [3.8, 4) is 5.75 Å². The lowest BCUT2D eigenvalue weighted by atomic mass is 10.0. The molecule has 41 heavy (non-hydrogen) atoms. The molecule has 0 aliphatic carbocycles. The number of rotatable bonds is 13. The summed E-state index contributed by atoms with van der Waals surface area (Å²) in [7, 11) is 1.21. The SMILES string of the molecule is CCOc1ccc(CC(C(=O)OC)N(CCNC(=O)OCc2ccccc2)C(=O)Cn2cc(C)c(=O)[nH]c2=O)cc1. The van der Waals surface area contributed by atoms with Gasteiger partial charge in [0.2, 0.25) is 5.91 Å². The van der Waals surface area contributed by atoms with Gasteiger partial charge < -0.3 is 24.4 Å². The van der Waals surface area contributed by atoms with Crippen molar-refractivity contribution in [2.24, 2.45) is 0 Å². The van der Waals surface area contributed by atoms with Crippen LogP contribution in [0.3, 0.4) is 0 Å². The van der Waals surface area contributed by atoms with Crippen molar-refractivity contribution < 1.29 is 28.6 Å². The lowest BCUT2D eigenvalue weighted by Gasteiger charge is -2.30. The maximum atomic E-state index is 13.5. The van der Waals surface area contributed by atoms with E-state index in [-0.39, 0.29) is 31.7 Å². The second-order valence-corrected chi connectivity index (χ2v) is 9.09. The van der Waals surface area contributed by atoms with Crippen LogP contribution >= 0.6 is 0 Å². The van der Waals surface area contributed by atoms with Crippen LogP contribution < -0.4 is 21.3 Å². The number of hydrogen-bond acceptors (Lipinski definition) is 8. The molecule has 0 saturated heterocycles. The molecule has 0 bridgehead atoms. The molecule has 0 aliphatic heterocycles. The van der Waals surface area contributed by atoms with Crippen molar-refractivity contribution in [2.45, 2.75) is 39.5 Å². The average molecular weight is 567 g/mol. The summed E-state index contributed by atoms with van der Waals surface area (Å²) in [6, 6.07) is 15.1. The van der Waals surface area contributed by atoms with Gasteiger partial charge in [-0.1, -0.05) is 42.5 Å². The highest BCUT2D eigenvalue weighted by molar-refractivity contribution is 5.84. The Morgan fingerprint density at radius 2 is 1.73 bits per heavy atom. The highest BCUT2D eigenvalue weighted by Gasteiger charge is 2.31. The number of H-pyrrole nitrogens is 1. The third kappa shape index (κ3) is 9.09. The Balaban J connectivity index is 1.79. The van der Waals surface area contributed by atoms with E-state index in [4.69, 9.17) is 14.2 Å². The van der Waals surface area contributed by atoms with Crippen LogP contribution in [-0.2, 0) is 38.6 Å². The molecule has 218 valence electrons. The molecule has 1 unspecified atom stereocenters. The topological polar surface area (TPSA) is 149 Å². The Labute approximate surface area is 236 Å². The first-order chi connectivity index (χ1) is 19.7. The molecule has 0 radical (unpaired) electrons. The number of ether oxygens (including phenoxy) is 3. The molecule has 2 amide bonds. The summed E-state index contributed by atoms with van der Waals surface area (Å²) in [6.07, 6.45) is 0.675. The van der Waals surface area contributed by atoms with Gasteiger partial charge in [-0.25, -0.2) is 14.4 Å². The zero-order valence-electron chi connectivity index (χ0n) is 23.3. The van der Waals surface area contributed by atoms with Gasteiger partial charge in [0.25, 0.3) is 5.56 Å². The number of methoxy groups -OCH3 is 1. The number of alkyl carbamates (subject to hydrolysis) is 1. The van der Waals surface area contributed by atoms with Gasteiger partial charge >= 0.3 is 17.8 Å². The van der Waals surface area contributed by atoms with E-state index in [0.717, 1.165) is 15.7 Å². The minimum atomic E-state index is -1.08. The summed E-state index contributed by atoms with van der Waals surface area (Å²) in [6.45, 7) is 3.34. The number of benzene rings is 2. The number of nitrogens with one attached hydrogen (secondary N) is 2. The van der Waals surface area contributed by atoms with Crippen LogP contribution in [0.25, 0.3) is 0 Å². The molecule has 0 fully saturated rings. The fraction of sp³-hybridized carbons (Fsp3) is 0.345. The summed E-state index contributed by atoms with van der Waals surface area (Å²) < 4.78 is 16.8. The van der Waals surface area contributed by atoms with E-state index >= 15 is 0 Å². The van der Waals surface area contributed by atoms with E-state index in [2.05, 4.69) is 10.3 Å². The smallest absolute Gasteiger partial charge is 0.407 e. The second-order valence-electron chi connectivity index (χ2n) is 9.09. The third-order valence-electron chi connectivity index (χ3n) is 6.16. The number of hydrogen-bond donors (Lipinski definition) is 2. The Bertz CT molecular complexity index is 1430. The number of aryl methyl sites for hydroxylation is 1. The summed E-state index contributed by atoms with van der Waals surface area (Å²) in [4.78, 5) is 66.3. The van der Waals surface area contributed by atoms with Gasteiger partial charge in [0.1, 0.15) is 24.9 Å². The Morgan fingerprint density at radius 3 is 2.39 bits per heavy atom. The molecular weight excluding hydrogens is 532 g/mol. The Morgan fingerprint density at radius 1 is 1.02 bits per heavy atom. The van der Waals surface area contributed by atoms with E-state index < -0.39 is 41.8 Å². The minimum absolute atomic E-state index is 0.0459. The normalized spacial score (nSPS) is 11.3. The number of nitrogens with zero attached hydrogens (tertiary/aromatic N) is 2. The first kappa shape index (κ1) is 30.7. The summed E-state index contributed by atoms with van der Waals surface area (Å²) in [5.41, 5.74) is 0.455. The van der Waals surface area contributed by atoms with Crippen LogP contribution in [0.4, 0.5) is 4.79 Å². The highest BCUT2D eigenvalue weighted by Crippen LogP contribution is 2.17. The molecule has 0 saturated carbocycles. The van der Waals surface area contributed by atoms with E-state index in [1.54, 1.807) is 24.3 Å². The predicted molar refractivity (Wildman–Crippen MR) is 150 cm³/mol. The standard InChI is InChI=1S/C29H34N4O8/c1-4-40-23-12-10-21(11-13-23)16-24(27(36)39-3)33(25(34)18-32-17-20(2)26(35)31-28(32)37)15-14-30-29(38)41-19-22-8-6-5-7-9-22/h5-13,17,24H,4,14-16,18-19H2,1-3H3,(H,30,38)(H,31,35,37). The van der Waals surface area contributed by atoms with E-state index in [1.807, 2.05) is 37.3 Å². The fourth-order valence-electron chi connectivity index (χ4n) is 4.05. The molecule has 0 spiro atoms. The van der Waals surface area contributed by atoms with Gasteiger partial charge in [0.05, 0.1) is 13.7 Å². The lowest BCUT2D eigenvalue weighted by molar-refractivity contribution is -0.153. The van der Waals surface area contributed by atoms with Crippen molar-refractivity contribution in [1.29, 1.82) is 0 Å². The van der Waals surface area contributed by atoms with Crippen LogP contribution in [-0.4, -0.2) is 65.3 Å². The number of aromatic amines is 1. The van der Waals surface area contributed by atoms with Crippen molar-refractivity contribution in [3.05, 3.63) is 98.3 Å². The quantitative estimate of drug-likeness (QED) is 0.298. The minimum Gasteiger partial charge on any atom is -0.494 e. The van der Waals surface area contributed by atoms with Crippen LogP contribution in [0.5, 0.6) is 5.75 Å². The van der Waals surface area contributed by atoms with Gasteiger partial charge in [0.15, 0.2) is 0 Å². The first-order valence-electron chi connectivity index (χ1n) is 13.1. The van der Waals surface area contributed by atoms with E-state index in [1.165, 1.54) is 25.1 Å². The number of amides is 2. The molecule has 1 aromatic heterocycles. The molecule has 3 aromatic rings. The van der Waals surface area contributed by atoms with Gasteiger partial charge in [-0.2, -0.15) is 0 Å². The second kappa shape index (κ2) is 15.1. The molecule has 1 heterocycles.